The third-order valence-electron chi connectivity index (χ3n) is 2.36. The summed E-state index contributed by atoms with van der Waals surface area (Å²) in [5.74, 6) is -0.650. The zero-order chi connectivity index (χ0) is 12.9. The lowest BCUT2D eigenvalue weighted by atomic mass is 10.1. The Balaban J connectivity index is 3.23. The molecule has 0 heterocycles. The van der Waals surface area contributed by atoms with Gasteiger partial charge >= 0.3 is 13.6 Å². The molecule has 0 unspecified atom stereocenters. The van der Waals surface area contributed by atoms with Crippen molar-refractivity contribution in [2.75, 3.05) is 21.3 Å². The van der Waals surface area contributed by atoms with Crippen LogP contribution in [0.2, 0.25) is 0 Å². The maximum atomic E-state index is 12.3. The lowest BCUT2D eigenvalue weighted by molar-refractivity contribution is -0.140. The summed E-state index contributed by atoms with van der Waals surface area (Å²) in [6.07, 6.45) is 0. The number of carbonyl (C=O) groups excluding carboxylic acids is 1. The lowest BCUT2D eigenvalue weighted by Crippen LogP contribution is -2.16. The summed E-state index contributed by atoms with van der Waals surface area (Å²) in [5, 5.41) is 0. The normalized spacial score (nSPS) is 13.1. The maximum Gasteiger partial charge on any atom is 0.348 e. The van der Waals surface area contributed by atoms with Crippen LogP contribution in [0.15, 0.2) is 30.3 Å². The zero-order valence-corrected chi connectivity index (χ0v) is 10.8. The minimum absolute atomic E-state index is 0.534. The van der Waals surface area contributed by atoms with Gasteiger partial charge in [-0.3, -0.25) is 9.36 Å². The van der Waals surface area contributed by atoms with E-state index >= 15 is 0 Å². The van der Waals surface area contributed by atoms with Crippen LogP contribution >= 0.6 is 7.60 Å². The second-order valence-electron chi connectivity index (χ2n) is 3.24. The molecule has 0 fully saturated rings. The van der Waals surface area contributed by atoms with Crippen LogP contribution < -0.4 is 0 Å². The molecule has 0 bridgehead atoms. The van der Waals surface area contributed by atoms with E-state index in [4.69, 9.17) is 9.05 Å². The summed E-state index contributed by atoms with van der Waals surface area (Å²) in [6.45, 7) is 0. The van der Waals surface area contributed by atoms with Crippen molar-refractivity contribution in [2.24, 2.45) is 0 Å². The van der Waals surface area contributed by atoms with Gasteiger partial charge in [-0.15, -0.1) is 0 Å². The number of esters is 1. The number of benzene rings is 1. The average Bonchev–Trinajstić information content (AvgIpc) is 2.39. The Labute approximate surface area is 100 Å². The van der Waals surface area contributed by atoms with Crippen LogP contribution in [-0.4, -0.2) is 27.3 Å². The van der Waals surface area contributed by atoms with E-state index < -0.39 is 19.2 Å². The van der Waals surface area contributed by atoms with Crippen LogP contribution in [0, 0.1) is 0 Å². The van der Waals surface area contributed by atoms with Gasteiger partial charge in [0.25, 0.3) is 0 Å². The SMILES string of the molecule is COC(=O)[C@H](c1ccccc1)P(=O)(OC)OC. The van der Waals surface area contributed by atoms with Crippen molar-refractivity contribution in [2.45, 2.75) is 5.66 Å². The van der Waals surface area contributed by atoms with Gasteiger partial charge in [-0.2, -0.15) is 0 Å². The standard InChI is InChI=1S/C11H15O5P/c1-14-11(12)10(17(13,15-2)16-3)9-7-5-4-6-8-9/h4-8,10H,1-3H3/t10-/m0/s1. The van der Waals surface area contributed by atoms with Crippen molar-refractivity contribution in [1.82, 2.24) is 0 Å². The van der Waals surface area contributed by atoms with E-state index in [1.54, 1.807) is 30.3 Å². The van der Waals surface area contributed by atoms with Gasteiger partial charge in [-0.1, -0.05) is 30.3 Å². The van der Waals surface area contributed by atoms with Crippen molar-refractivity contribution in [1.29, 1.82) is 0 Å². The van der Waals surface area contributed by atoms with E-state index in [-0.39, 0.29) is 0 Å². The minimum Gasteiger partial charge on any atom is -0.468 e. The molecule has 1 aromatic carbocycles. The van der Waals surface area contributed by atoms with Crippen molar-refractivity contribution in [3.05, 3.63) is 35.9 Å². The fraction of sp³-hybridized carbons (Fsp3) is 0.364. The highest BCUT2D eigenvalue weighted by molar-refractivity contribution is 7.55. The lowest BCUT2D eigenvalue weighted by Gasteiger charge is -2.22. The first kappa shape index (κ1) is 13.9. The minimum atomic E-state index is -3.56. The Morgan fingerprint density at radius 1 is 1.12 bits per heavy atom. The van der Waals surface area contributed by atoms with Gasteiger partial charge in [0.05, 0.1) is 7.11 Å². The van der Waals surface area contributed by atoms with Gasteiger partial charge < -0.3 is 13.8 Å². The fourth-order valence-corrected chi connectivity index (χ4v) is 2.95. The Bertz CT molecular complexity index is 409. The predicted octanol–water partition coefficient (Wildman–Crippen LogP) is 2.39. The molecule has 0 aliphatic carbocycles. The summed E-state index contributed by atoms with van der Waals surface area (Å²) < 4.78 is 26.7. The first-order valence-corrected chi connectivity index (χ1v) is 6.54. The first-order valence-electron chi connectivity index (χ1n) is 4.93. The smallest absolute Gasteiger partial charge is 0.348 e. The van der Waals surface area contributed by atoms with Gasteiger partial charge in [-0.05, 0) is 5.56 Å². The molecule has 0 saturated carbocycles. The number of methoxy groups -OCH3 is 1. The van der Waals surface area contributed by atoms with Crippen molar-refractivity contribution in [3.8, 4) is 0 Å². The molecular formula is C11H15O5P. The van der Waals surface area contributed by atoms with Crippen LogP contribution in [0.1, 0.15) is 11.2 Å². The molecule has 1 aromatic rings. The largest absolute Gasteiger partial charge is 0.468 e. The number of ether oxygens (including phenoxy) is 1. The highest BCUT2D eigenvalue weighted by Crippen LogP contribution is 2.60. The zero-order valence-electron chi connectivity index (χ0n) is 9.95. The third-order valence-corrected chi connectivity index (χ3v) is 4.52. The van der Waals surface area contributed by atoms with Gasteiger partial charge in [0, 0.05) is 14.2 Å². The summed E-state index contributed by atoms with van der Waals surface area (Å²) in [6, 6.07) is 8.61. The van der Waals surface area contributed by atoms with Crippen LogP contribution in [0.5, 0.6) is 0 Å². The highest BCUT2D eigenvalue weighted by Gasteiger charge is 2.42. The molecule has 0 aliphatic heterocycles. The molecule has 0 saturated heterocycles. The Morgan fingerprint density at radius 3 is 2.06 bits per heavy atom. The second-order valence-corrected chi connectivity index (χ2v) is 5.57. The number of rotatable bonds is 5. The molecule has 0 aromatic heterocycles. The van der Waals surface area contributed by atoms with Gasteiger partial charge in [0.15, 0.2) is 5.66 Å². The van der Waals surface area contributed by atoms with Gasteiger partial charge in [0.1, 0.15) is 0 Å². The molecule has 17 heavy (non-hydrogen) atoms. The summed E-state index contributed by atoms with van der Waals surface area (Å²) in [5.41, 5.74) is -0.532. The molecule has 0 N–H and O–H groups in total. The van der Waals surface area contributed by atoms with Crippen LogP contribution in [0.4, 0.5) is 0 Å². The number of carbonyl (C=O) groups is 1. The molecule has 1 rings (SSSR count). The molecular weight excluding hydrogens is 243 g/mol. The van der Waals surface area contributed by atoms with E-state index in [0.717, 1.165) is 0 Å². The van der Waals surface area contributed by atoms with E-state index in [9.17, 15) is 9.36 Å². The molecule has 6 heteroatoms. The van der Waals surface area contributed by atoms with Crippen molar-refractivity contribution < 1.29 is 23.1 Å². The first-order chi connectivity index (χ1) is 8.09. The molecule has 1 atom stereocenters. The predicted molar refractivity (Wildman–Crippen MR) is 62.8 cm³/mol. The fourth-order valence-electron chi connectivity index (χ4n) is 1.48. The Morgan fingerprint density at radius 2 is 1.65 bits per heavy atom. The monoisotopic (exact) mass is 258 g/mol. The van der Waals surface area contributed by atoms with E-state index in [0.29, 0.717) is 5.56 Å². The molecule has 0 aliphatic rings. The Kier molecular flexibility index (Phi) is 4.87. The number of hydrogen-bond acceptors (Lipinski definition) is 5. The highest BCUT2D eigenvalue weighted by atomic mass is 31.2. The van der Waals surface area contributed by atoms with Gasteiger partial charge in [0.2, 0.25) is 0 Å². The summed E-state index contributed by atoms with van der Waals surface area (Å²) in [4.78, 5) is 11.7. The Hall–Kier alpha value is -1.16. The molecule has 5 nitrogen and oxygen atoms in total. The molecule has 0 spiro atoms. The quantitative estimate of drug-likeness (QED) is 0.599. The second kappa shape index (κ2) is 5.96. The van der Waals surface area contributed by atoms with Crippen molar-refractivity contribution >= 4 is 13.6 Å². The van der Waals surface area contributed by atoms with Crippen LogP contribution in [-0.2, 0) is 23.1 Å². The maximum absolute atomic E-state index is 12.3. The molecule has 0 amide bonds. The average molecular weight is 258 g/mol. The summed E-state index contributed by atoms with van der Waals surface area (Å²) in [7, 11) is 0.148. The van der Waals surface area contributed by atoms with Crippen LogP contribution in [0.25, 0.3) is 0 Å². The molecule has 0 radical (unpaired) electrons. The van der Waals surface area contributed by atoms with E-state index in [1.165, 1.54) is 21.3 Å². The summed E-state index contributed by atoms with van der Waals surface area (Å²) >= 11 is 0. The third kappa shape index (κ3) is 2.94. The molecule has 94 valence electrons. The topological polar surface area (TPSA) is 61.8 Å². The van der Waals surface area contributed by atoms with E-state index in [1.807, 2.05) is 0 Å². The van der Waals surface area contributed by atoms with E-state index in [2.05, 4.69) is 4.74 Å². The van der Waals surface area contributed by atoms with Crippen molar-refractivity contribution in [3.63, 3.8) is 0 Å². The van der Waals surface area contributed by atoms with Gasteiger partial charge in [-0.25, -0.2) is 0 Å². The van der Waals surface area contributed by atoms with Crippen LogP contribution in [0.3, 0.4) is 0 Å². The number of hydrogen-bond donors (Lipinski definition) is 0.